The molecule has 1 N–H and O–H groups in total. The molecule has 0 saturated carbocycles. The van der Waals surface area contributed by atoms with Crippen LogP contribution in [-0.4, -0.2) is 32.8 Å². The minimum absolute atomic E-state index is 0.362. The fraction of sp³-hybridized carbons (Fsp3) is 0.538. The average Bonchev–Trinajstić information content (AvgIpc) is 3.02. The van der Waals surface area contributed by atoms with E-state index in [-0.39, 0.29) is 0 Å². The van der Waals surface area contributed by atoms with Crippen molar-refractivity contribution in [3.8, 4) is 0 Å². The zero-order chi connectivity index (χ0) is 12.1. The van der Waals surface area contributed by atoms with Gasteiger partial charge in [-0.05, 0) is 32.3 Å². The number of aromatic nitrogens is 3. The first kappa shape index (κ1) is 10.3. The minimum Gasteiger partial charge on any atom is -0.373 e. The Morgan fingerprint density at radius 1 is 1.44 bits per heavy atom. The van der Waals surface area contributed by atoms with Gasteiger partial charge in [-0.15, -0.1) is 0 Å². The van der Waals surface area contributed by atoms with Crippen molar-refractivity contribution < 1.29 is 4.74 Å². The van der Waals surface area contributed by atoms with Gasteiger partial charge in [0.2, 0.25) is 0 Å². The molecule has 5 heteroatoms. The zero-order valence-electron chi connectivity index (χ0n) is 10.3. The molecule has 4 rings (SSSR count). The van der Waals surface area contributed by atoms with E-state index in [1.807, 2.05) is 17.6 Å². The number of hydrogen-bond acceptors (Lipinski definition) is 4. The minimum atomic E-state index is 0.362. The molecule has 0 aliphatic carbocycles. The third-order valence-electron chi connectivity index (χ3n) is 3.94. The van der Waals surface area contributed by atoms with Gasteiger partial charge in [-0.3, -0.25) is 0 Å². The van der Waals surface area contributed by atoms with Gasteiger partial charge in [-0.1, -0.05) is 0 Å². The van der Waals surface area contributed by atoms with Gasteiger partial charge in [0.25, 0.3) is 0 Å². The first-order chi connectivity index (χ1) is 8.79. The summed E-state index contributed by atoms with van der Waals surface area (Å²) in [5.74, 6) is 0.916. The third-order valence-corrected chi connectivity index (χ3v) is 3.94. The van der Waals surface area contributed by atoms with Crippen molar-refractivity contribution in [2.45, 2.75) is 44.4 Å². The van der Waals surface area contributed by atoms with Gasteiger partial charge in [-0.2, -0.15) is 5.10 Å². The maximum Gasteiger partial charge on any atom is 0.152 e. The summed E-state index contributed by atoms with van der Waals surface area (Å²) in [7, 11) is 0. The second kappa shape index (κ2) is 3.68. The number of nitrogens with one attached hydrogen (secondary N) is 1. The Labute approximate surface area is 105 Å². The number of fused-ring (bicyclic) bond motifs is 3. The molecule has 0 spiro atoms. The lowest BCUT2D eigenvalue weighted by Gasteiger charge is -2.20. The van der Waals surface area contributed by atoms with Gasteiger partial charge in [0, 0.05) is 12.4 Å². The quantitative estimate of drug-likeness (QED) is 0.874. The molecule has 3 atom stereocenters. The third kappa shape index (κ3) is 1.50. The molecule has 2 aliphatic heterocycles. The first-order valence-corrected chi connectivity index (χ1v) is 6.52. The van der Waals surface area contributed by atoms with Gasteiger partial charge in [0.15, 0.2) is 5.82 Å². The maximum atomic E-state index is 5.86. The number of rotatable bonds is 2. The van der Waals surface area contributed by atoms with Crippen LogP contribution in [0, 0.1) is 6.92 Å². The van der Waals surface area contributed by atoms with E-state index in [0.29, 0.717) is 18.2 Å². The molecule has 94 valence electrons. The van der Waals surface area contributed by atoms with E-state index in [2.05, 4.69) is 21.5 Å². The van der Waals surface area contributed by atoms with E-state index >= 15 is 0 Å². The van der Waals surface area contributed by atoms with Crippen LogP contribution in [0.25, 0.3) is 5.52 Å². The summed E-state index contributed by atoms with van der Waals surface area (Å²) in [4.78, 5) is 4.44. The lowest BCUT2D eigenvalue weighted by Crippen LogP contribution is -2.31. The Balaban J connectivity index is 1.66. The molecule has 2 aromatic rings. The Hall–Kier alpha value is -1.62. The van der Waals surface area contributed by atoms with Gasteiger partial charge < -0.3 is 10.1 Å². The molecular weight excluding hydrogens is 228 g/mol. The van der Waals surface area contributed by atoms with Crippen LogP contribution < -0.4 is 5.32 Å². The number of ether oxygens (including phenoxy) is 1. The molecule has 5 nitrogen and oxygen atoms in total. The zero-order valence-corrected chi connectivity index (χ0v) is 10.3. The second-order valence-corrected chi connectivity index (χ2v) is 5.25. The highest BCUT2D eigenvalue weighted by molar-refractivity contribution is 5.68. The van der Waals surface area contributed by atoms with Crippen LogP contribution in [0.15, 0.2) is 18.5 Å². The van der Waals surface area contributed by atoms with Gasteiger partial charge in [-0.25, -0.2) is 9.50 Å². The van der Waals surface area contributed by atoms with Gasteiger partial charge >= 0.3 is 0 Å². The van der Waals surface area contributed by atoms with Gasteiger partial charge in [0.1, 0.15) is 5.52 Å². The fourth-order valence-electron chi connectivity index (χ4n) is 3.12. The number of nitrogens with zero attached hydrogens (tertiary/aromatic N) is 3. The predicted molar refractivity (Wildman–Crippen MR) is 67.6 cm³/mol. The smallest absolute Gasteiger partial charge is 0.152 e. The molecule has 2 fully saturated rings. The van der Waals surface area contributed by atoms with Crippen LogP contribution >= 0.6 is 0 Å². The van der Waals surface area contributed by atoms with Crippen LogP contribution in [-0.2, 0) is 4.74 Å². The topological polar surface area (TPSA) is 51.5 Å². The van der Waals surface area contributed by atoms with Crippen molar-refractivity contribution in [3.05, 3.63) is 24.2 Å². The molecule has 0 aromatic carbocycles. The van der Waals surface area contributed by atoms with E-state index in [4.69, 9.17) is 4.74 Å². The number of aryl methyl sites for hydroxylation is 1. The molecule has 2 saturated heterocycles. The van der Waals surface area contributed by atoms with Gasteiger partial charge in [0.05, 0.1) is 23.9 Å². The highest BCUT2D eigenvalue weighted by Gasteiger charge is 2.40. The monoisotopic (exact) mass is 244 g/mol. The van der Waals surface area contributed by atoms with E-state index < -0.39 is 0 Å². The molecule has 0 radical (unpaired) electrons. The largest absolute Gasteiger partial charge is 0.373 e. The average molecular weight is 244 g/mol. The highest BCUT2D eigenvalue weighted by atomic mass is 16.5. The van der Waals surface area contributed by atoms with E-state index in [1.165, 1.54) is 12.8 Å². The van der Waals surface area contributed by atoms with Crippen molar-refractivity contribution in [1.29, 1.82) is 0 Å². The highest BCUT2D eigenvalue weighted by Crippen LogP contribution is 2.36. The summed E-state index contributed by atoms with van der Waals surface area (Å²) in [5.41, 5.74) is 2.05. The van der Waals surface area contributed by atoms with E-state index in [0.717, 1.165) is 23.4 Å². The summed E-state index contributed by atoms with van der Waals surface area (Å²) in [5, 5.41) is 7.93. The van der Waals surface area contributed by atoms with E-state index in [1.54, 1.807) is 6.20 Å². The standard InChI is InChI=1S/C13H16N4O/c1-8-6-11-13(14-4-5-17(11)16-8)15-10-7-9-2-3-12(10)18-9/h4-6,9-10,12H,2-3,7H2,1H3,(H,14,15)/t9?,10-,12?/m0/s1. The van der Waals surface area contributed by atoms with Crippen LogP contribution in [0.3, 0.4) is 0 Å². The van der Waals surface area contributed by atoms with Crippen LogP contribution in [0.1, 0.15) is 25.0 Å². The molecule has 2 unspecified atom stereocenters. The number of hydrogen-bond donors (Lipinski definition) is 1. The normalized spacial score (nSPS) is 30.2. The Morgan fingerprint density at radius 2 is 2.39 bits per heavy atom. The van der Waals surface area contributed by atoms with Crippen molar-refractivity contribution in [2.75, 3.05) is 5.32 Å². The van der Waals surface area contributed by atoms with Crippen molar-refractivity contribution >= 4 is 11.3 Å². The summed E-state index contributed by atoms with van der Waals surface area (Å²) >= 11 is 0. The van der Waals surface area contributed by atoms with E-state index in [9.17, 15) is 0 Å². The Kier molecular flexibility index (Phi) is 2.11. The van der Waals surface area contributed by atoms with Crippen LogP contribution in [0.4, 0.5) is 5.82 Å². The van der Waals surface area contributed by atoms with Crippen LogP contribution in [0.5, 0.6) is 0 Å². The molecule has 18 heavy (non-hydrogen) atoms. The van der Waals surface area contributed by atoms with Crippen molar-refractivity contribution in [2.24, 2.45) is 0 Å². The maximum absolute atomic E-state index is 5.86. The SMILES string of the molecule is Cc1cc2c(N[C@H]3CC4CCC3O4)nccn2n1. The molecule has 2 bridgehead atoms. The Morgan fingerprint density at radius 3 is 3.17 bits per heavy atom. The lowest BCUT2D eigenvalue weighted by molar-refractivity contribution is 0.102. The molecule has 0 amide bonds. The second-order valence-electron chi connectivity index (χ2n) is 5.25. The lowest BCUT2D eigenvalue weighted by atomic mass is 9.95. The van der Waals surface area contributed by atoms with Crippen molar-refractivity contribution in [3.63, 3.8) is 0 Å². The molecule has 2 aromatic heterocycles. The van der Waals surface area contributed by atoms with Crippen LogP contribution in [0.2, 0.25) is 0 Å². The fourth-order valence-corrected chi connectivity index (χ4v) is 3.12. The number of anilines is 1. The summed E-state index contributed by atoms with van der Waals surface area (Å²) < 4.78 is 7.74. The molecule has 2 aliphatic rings. The first-order valence-electron chi connectivity index (χ1n) is 6.52. The summed E-state index contributed by atoms with van der Waals surface area (Å²) in [6.45, 7) is 2.00. The van der Waals surface area contributed by atoms with Crippen molar-refractivity contribution in [1.82, 2.24) is 14.6 Å². The Bertz CT molecular complexity index is 594. The molecular formula is C13H16N4O. The summed E-state index contributed by atoms with van der Waals surface area (Å²) in [6.07, 6.45) is 7.97. The summed E-state index contributed by atoms with van der Waals surface area (Å²) in [6, 6.07) is 2.46. The molecule has 4 heterocycles. The predicted octanol–water partition coefficient (Wildman–Crippen LogP) is 1.77.